The van der Waals surface area contributed by atoms with Crippen LogP contribution in [0.1, 0.15) is 24.2 Å². The third-order valence-corrected chi connectivity index (χ3v) is 2.65. The number of carbonyl (C=O) groups is 1. The van der Waals surface area contributed by atoms with E-state index in [-0.39, 0.29) is 29.1 Å². The molecule has 0 heterocycles. The summed E-state index contributed by atoms with van der Waals surface area (Å²) in [5.74, 6) is -0.648. The van der Waals surface area contributed by atoms with Crippen LogP contribution in [0.3, 0.4) is 0 Å². The molecular weight excluding hydrogens is 235 g/mol. The van der Waals surface area contributed by atoms with E-state index in [1.165, 1.54) is 12.1 Å². The second kappa shape index (κ2) is 6.35. The molecule has 1 aromatic carbocycles. The van der Waals surface area contributed by atoms with Crippen LogP contribution in [-0.4, -0.2) is 25.7 Å². The highest BCUT2D eigenvalue weighted by Crippen LogP contribution is 2.12. The van der Waals surface area contributed by atoms with E-state index in [0.717, 1.165) is 6.07 Å². The van der Waals surface area contributed by atoms with Crippen molar-refractivity contribution in [3.63, 3.8) is 0 Å². The first-order chi connectivity index (χ1) is 8.43. The zero-order chi connectivity index (χ0) is 13.7. The van der Waals surface area contributed by atoms with Crippen molar-refractivity contribution in [1.29, 1.82) is 0 Å². The molecule has 0 aliphatic rings. The lowest BCUT2D eigenvalue weighted by atomic mass is 10.0. The Morgan fingerprint density at radius 1 is 1.44 bits per heavy atom. The van der Waals surface area contributed by atoms with Crippen molar-refractivity contribution < 1.29 is 13.9 Å². The summed E-state index contributed by atoms with van der Waals surface area (Å²) in [5, 5.41) is 2.80. The summed E-state index contributed by atoms with van der Waals surface area (Å²) in [7, 11) is 1.57. The molecule has 18 heavy (non-hydrogen) atoms. The van der Waals surface area contributed by atoms with E-state index in [4.69, 9.17) is 10.5 Å². The zero-order valence-electron chi connectivity index (χ0n) is 10.9. The number of ether oxygens (including phenoxy) is 1. The van der Waals surface area contributed by atoms with Gasteiger partial charge in [-0.05, 0) is 24.1 Å². The van der Waals surface area contributed by atoms with E-state index in [9.17, 15) is 9.18 Å². The van der Waals surface area contributed by atoms with Gasteiger partial charge in [0.1, 0.15) is 5.82 Å². The maximum Gasteiger partial charge on any atom is 0.251 e. The maximum atomic E-state index is 13.1. The summed E-state index contributed by atoms with van der Waals surface area (Å²) in [5.41, 5.74) is 5.95. The van der Waals surface area contributed by atoms with E-state index >= 15 is 0 Å². The molecule has 0 aromatic heterocycles. The van der Waals surface area contributed by atoms with Crippen molar-refractivity contribution in [2.45, 2.75) is 19.9 Å². The number of nitrogen functional groups attached to an aromatic ring is 1. The number of benzene rings is 1. The quantitative estimate of drug-likeness (QED) is 0.788. The van der Waals surface area contributed by atoms with E-state index in [1.807, 2.05) is 13.8 Å². The van der Waals surface area contributed by atoms with Crippen LogP contribution in [0.25, 0.3) is 0 Å². The van der Waals surface area contributed by atoms with Gasteiger partial charge in [-0.15, -0.1) is 0 Å². The Hall–Kier alpha value is -1.62. The molecule has 5 heteroatoms. The largest absolute Gasteiger partial charge is 0.399 e. The molecule has 0 saturated heterocycles. The lowest BCUT2D eigenvalue weighted by Gasteiger charge is -2.21. The number of hydrogen-bond acceptors (Lipinski definition) is 3. The number of nitrogens with one attached hydrogen (secondary N) is 1. The minimum atomic E-state index is -0.520. The summed E-state index contributed by atoms with van der Waals surface area (Å²) in [4.78, 5) is 11.9. The molecule has 100 valence electrons. The van der Waals surface area contributed by atoms with E-state index < -0.39 is 5.82 Å². The van der Waals surface area contributed by atoms with Crippen LogP contribution in [0.2, 0.25) is 0 Å². The fraction of sp³-hybridized carbons (Fsp3) is 0.462. The van der Waals surface area contributed by atoms with Crippen molar-refractivity contribution in [2.75, 3.05) is 19.5 Å². The highest BCUT2D eigenvalue weighted by Gasteiger charge is 2.17. The number of halogens is 1. The average Bonchev–Trinajstić information content (AvgIpc) is 2.26. The number of nitrogens with two attached hydrogens (primary N) is 1. The molecule has 1 unspecified atom stereocenters. The van der Waals surface area contributed by atoms with Crippen molar-refractivity contribution in [1.82, 2.24) is 5.32 Å². The summed E-state index contributed by atoms with van der Waals surface area (Å²) >= 11 is 0. The number of hydrogen-bond donors (Lipinski definition) is 2. The van der Waals surface area contributed by atoms with E-state index in [1.54, 1.807) is 7.11 Å². The number of methoxy groups -OCH3 is 1. The smallest absolute Gasteiger partial charge is 0.251 e. The Bertz CT molecular complexity index is 401. The third kappa shape index (κ3) is 4.00. The summed E-state index contributed by atoms with van der Waals surface area (Å²) < 4.78 is 18.2. The van der Waals surface area contributed by atoms with Gasteiger partial charge in [0.25, 0.3) is 5.91 Å². The van der Waals surface area contributed by atoms with Crippen molar-refractivity contribution in [3.8, 4) is 0 Å². The van der Waals surface area contributed by atoms with Gasteiger partial charge in [0, 0.05) is 18.4 Å². The fourth-order valence-electron chi connectivity index (χ4n) is 1.58. The van der Waals surface area contributed by atoms with Gasteiger partial charge >= 0.3 is 0 Å². The number of rotatable bonds is 5. The predicted octanol–water partition coefficient (Wildman–Crippen LogP) is 1.81. The first kappa shape index (κ1) is 14.4. The van der Waals surface area contributed by atoms with Gasteiger partial charge in [-0.2, -0.15) is 0 Å². The highest BCUT2D eigenvalue weighted by atomic mass is 19.1. The first-order valence-corrected chi connectivity index (χ1v) is 5.80. The molecule has 1 atom stereocenters. The normalized spacial score (nSPS) is 12.5. The predicted molar refractivity (Wildman–Crippen MR) is 68.8 cm³/mol. The van der Waals surface area contributed by atoms with E-state index in [2.05, 4.69) is 5.32 Å². The fourth-order valence-corrected chi connectivity index (χ4v) is 1.58. The summed E-state index contributed by atoms with van der Waals surface area (Å²) in [6, 6.07) is 3.66. The molecule has 4 nitrogen and oxygen atoms in total. The maximum absolute atomic E-state index is 13.1. The molecule has 1 amide bonds. The van der Waals surface area contributed by atoms with Crippen LogP contribution in [0.4, 0.5) is 10.1 Å². The van der Waals surface area contributed by atoms with Gasteiger partial charge in [0.05, 0.1) is 12.6 Å². The Balaban J connectivity index is 2.80. The Morgan fingerprint density at radius 2 is 2.11 bits per heavy atom. The number of anilines is 1. The summed E-state index contributed by atoms with van der Waals surface area (Å²) in [6.07, 6.45) is 0. The molecule has 0 aliphatic carbocycles. The highest BCUT2D eigenvalue weighted by molar-refractivity contribution is 5.95. The minimum Gasteiger partial charge on any atom is -0.399 e. The van der Waals surface area contributed by atoms with E-state index in [0.29, 0.717) is 6.61 Å². The van der Waals surface area contributed by atoms with Crippen LogP contribution in [0, 0.1) is 11.7 Å². The average molecular weight is 254 g/mol. The van der Waals surface area contributed by atoms with Crippen molar-refractivity contribution in [2.24, 2.45) is 5.92 Å². The van der Waals surface area contributed by atoms with Crippen LogP contribution in [0.5, 0.6) is 0 Å². The molecule has 0 bridgehead atoms. The second-order valence-electron chi connectivity index (χ2n) is 4.55. The molecule has 0 spiro atoms. The van der Waals surface area contributed by atoms with Crippen LogP contribution >= 0.6 is 0 Å². The van der Waals surface area contributed by atoms with Gasteiger partial charge in [-0.1, -0.05) is 13.8 Å². The molecule has 3 N–H and O–H groups in total. The number of amides is 1. The molecule has 0 fully saturated rings. The minimum absolute atomic E-state index is 0.119. The topological polar surface area (TPSA) is 64.3 Å². The molecule has 0 saturated carbocycles. The Kier molecular flexibility index (Phi) is 5.09. The van der Waals surface area contributed by atoms with Crippen LogP contribution in [-0.2, 0) is 4.74 Å². The SMILES string of the molecule is COCC(NC(=O)c1cc(N)cc(F)c1)C(C)C. The standard InChI is InChI=1S/C13H19FN2O2/c1-8(2)12(7-18-3)16-13(17)9-4-10(14)6-11(15)5-9/h4-6,8,12H,7,15H2,1-3H3,(H,16,17). The van der Waals surface area contributed by atoms with Gasteiger partial charge in [0.15, 0.2) is 0 Å². The zero-order valence-corrected chi connectivity index (χ0v) is 10.9. The third-order valence-electron chi connectivity index (χ3n) is 2.65. The van der Waals surface area contributed by atoms with Crippen molar-refractivity contribution >= 4 is 11.6 Å². The van der Waals surface area contributed by atoms with Crippen molar-refractivity contribution in [3.05, 3.63) is 29.6 Å². The van der Waals surface area contributed by atoms with Gasteiger partial charge < -0.3 is 15.8 Å². The van der Waals surface area contributed by atoms with Gasteiger partial charge in [-0.25, -0.2) is 4.39 Å². The number of carbonyl (C=O) groups excluding carboxylic acids is 1. The second-order valence-corrected chi connectivity index (χ2v) is 4.55. The first-order valence-electron chi connectivity index (χ1n) is 5.80. The molecule has 0 aliphatic heterocycles. The Morgan fingerprint density at radius 3 is 2.61 bits per heavy atom. The van der Waals surface area contributed by atoms with Crippen LogP contribution < -0.4 is 11.1 Å². The lowest BCUT2D eigenvalue weighted by molar-refractivity contribution is 0.0866. The van der Waals surface area contributed by atoms with Gasteiger partial charge in [-0.3, -0.25) is 4.79 Å². The molecular formula is C13H19FN2O2. The molecule has 1 aromatic rings. The summed E-state index contributed by atoms with van der Waals surface area (Å²) in [6.45, 7) is 4.36. The molecule has 0 radical (unpaired) electrons. The van der Waals surface area contributed by atoms with Gasteiger partial charge in [0.2, 0.25) is 0 Å². The monoisotopic (exact) mass is 254 g/mol. The van der Waals surface area contributed by atoms with Crippen LogP contribution in [0.15, 0.2) is 18.2 Å². The molecule has 1 rings (SSSR count). The lowest BCUT2D eigenvalue weighted by Crippen LogP contribution is -2.41. The Labute approximate surface area is 106 Å².